The highest BCUT2D eigenvalue weighted by atomic mass is 16.6. The minimum Gasteiger partial charge on any atom is -0.444 e. The molecule has 116 valence electrons. The van der Waals surface area contributed by atoms with Gasteiger partial charge in [0.05, 0.1) is 12.0 Å². The summed E-state index contributed by atoms with van der Waals surface area (Å²) in [5.74, 6) is -0.477. The highest BCUT2D eigenvalue weighted by molar-refractivity contribution is 5.79. The van der Waals surface area contributed by atoms with E-state index in [1.54, 1.807) is 0 Å². The van der Waals surface area contributed by atoms with Crippen LogP contribution in [0.3, 0.4) is 0 Å². The van der Waals surface area contributed by atoms with Crippen molar-refractivity contribution >= 4 is 12.0 Å². The van der Waals surface area contributed by atoms with Gasteiger partial charge in [0.2, 0.25) is 5.91 Å². The summed E-state index contributed by atoms with van der Waals surface area (Å²) in [4.78, 5) is 23.3. The van der Waals surface area contributed by atoms with E-state index in [1.165, 1.54) is 0 Å². The molecular formula is C16H24N2O3. The monoisotopic (exact) mass is 292 g/mol. The Labute approximate surface area is 125 Å². The van der Waals surface area contributed by atoms with E-state index in [-0.39, 0.29) is 17.9 Å². The average Bonchev–Trinajstić information content (AvgIpc) is 2.58. The maximum absolute atomic E-state index is 11.9. The number of nitrogens with one attached hydrogen (secondary N) is 1. The number of ether oxygens (including phenoxy) is 1. The van der Waals surface area contributed by atoms with Crippen molar-refractivity contribution in [3.8, 4) is 0 Å². The number of nitrogens with two attached hydrogens (primary N) is 1. The zero-order valence-electron chi connectivity index (χ0n) is 12.9. The maximum Gasteiger partial charge on any atom is 0.408 e. The Morgan fingerprint density at radius 1 is 1.33 bits per heavy atom. The standard InChI is InChI=1S/C16H24N2O3/c1-16(2,3)21-15(20)18-13-8-7-10-9-11(14(17)19)5-4-6-12(10)13/h6,9,11,13H,4-5,7-8H2,1-3H3,(H2,17,19)(H,18,20). The van der Waals surface area contributed by atoms with Crippen molar-refractivity contribution in [2.24, 2.45) is 11.7 Å². The topological polar surface area (TPSA) is 81.4 Å². The predicted octanol–water partition coefficient (Wildman–Crippen LogP) is 2.42. The molecule has 1 fully saturated rings. The Hall–Kier alpha value is -1.78. The van der Waals surface area contributed by atoms with Gasteiger partial charge in [-0.3, -0.25) is 4.79 Å². The molecule has 2 aliphatic carbocycles. The third-order valence-corrected chi connectivity index (χ3v) is 3.75. The molecule has 2 aliphatic rings. The number of amides is 2. The van der Waals surface area contributed by atoms with Crippen LogP contribution in [0.2, 0.25) is 0 Å². The van der Waals surface area contributed by atoms with Gasteiger partial charge in [0.1, 0.15) is 5.60 Å². The molecule has 0 spiro atoms. The Kier molecular flexibility index (Phi) is 4.40. The number of carbonyl (C=O) groups is 2. The van der Waals surface area contributed by atoms with Crippen LogP contribution in [-0.2, 0) is 9.53 Å². The summed E-state index contributed by atoms with van der Waals surface area (Å²) < 4.78 is 5.30. The number of alkyl carbamates (subject to hydrolysis) is 1. The number of hydrogen-bond donors (Lipinski definition) is 2. The van der Waals surface area contributed by atoms with E-state index in [0.29, 0.717) is 0 Å². The molecule has 0 aromatic heterocycles. The predicted molar refractivity (Wildman–Crippen MR) is 80.5 cm³/mol. The number of hydrogen-bond acceptors (Lipinski definition) is 3. The van der Waals surface area contributed by atoms with E-state index in [4.69, 9.17) is 10.5 Å². The number of allylic oxidation sites excluding steroid dienone is 1. The summed E-state index contributed by atoms with van der Waals surface area (Å²) in [6.07, 6.45) is 6.92. The first-order chi connectivity index (χ1) is 9.76. The van der Waals surface area contributed by atoms with Crippen molar-refractivity contribution < 1.29 is 14.3 Å². The number of carbonyl (C=O) groups excluding carboxylic acids is 2. The first-order valence-corrected chi connectivity index (χ1v) is 7.46. The first-order valence-electron chi connectivity index (χ1n) is 7.46. The first kappa shape index (κ1) is 15.6. The number of fused-ring (bicyclic) bond motifs is 1. The van der Waals surface area contributed by atoms with Gasteiger partial charge in [0, 0.05) is 0 Å². The number of primary amides is 1. The fourth-order valence-electron chi connectivity index (χ4n) is 2.85. The normalized spacial score (nSPS) is 25.3. The smallest absolute Gasteiger partial charge is 0.408 e. The third kappa shape index (κ3) is 4.09. The summed E-state index contributed by atoms with van der Waals surface area (Å²) in [7, 11) is 0. The van der Waals surface area contributed by atoms with Crippen LogP contribution >= 0.6 is 0 Å². The summed E-state index contributed by atoms with van der Waals surface area (Å²) in [5.41, 5.74) is 7.16. The fraction of sp³-hybridized carbons (Fsp3) is 0.625. The zero-order valence-corrected chi connectivity index (χ0v) is 12.9. The lowest BCUT2D eigenvalue weighted by atomic mass is 10.0. The molecule has 0 aromatic rings. The van der Waals surface area contributed by atoms with Gasteiger partial charge < -0.3 is 15.8 Å². The van der Waals surface area contributed by atoms with Crippen molar-refractivity contribution in [2.75, 3.05) is 0 Å². The van der Waals surface area contributed by atoms with Gasteiger partial charge in [-0.05, 0) is 57.6 Å². The van der Waals surface area contributed by atoms with E-state index < -0.39 is 11.7 Å². The molecule has 0 aromatic carbocycles. The highest BCUT2D eigenvalue weighted by Crippen LogP contribution is 2.35. The SMILES string of the molecule is CC(C)(C)OC(=O)NC1CCC2=CC(C(N)=O)CCC=C21. The number of rotatable bonds is 2. The van der Waals surface area contributed by atoms with Crippen molar-refractivity contribution in [1.82, 2.24) is 5.32 Å². The summed E-state index contributed by atoms with van der Waals surface area (Å²) in [6.45, 7) is 5.53. The van der Waals surface area contributed by atoms with Gasteiger partial charge in [0.25, 0.3) is 0 Å². The van der Waals surface area contributed by atoms with Crippen LogP contribution < -0.4 is 11.1 Å². The summed E-state index contributed by atoms with van der Waals surface area (Å²) in [6, 6.07) is -0.0299. The molecule has 0 radical (unpaired) electrons. The van der Waals surface area contributed by atoms with Crippen LogP contribution in [0.1, 0.15) is 46.5 Å². The van der Waals surface area contributed by atoms with Gasteiger partial charge in [-0.25, -0.2) is 4.79 Å². The quantitative estimate of drug-likeness (QED) is 0.820. The van der Waals surface area contributed by atoms with Gasteiger partial charge in [0.15, 0.2) is 0 Å². The Bertz CT molecular complexity index is 500. The van der Waals surface area contributed by atoms with Crippen molar-refractivity contribution in [3.05, 3.63) is 23.3 Å². The van der Waals surface area contributed by atoms with Crippen molar-refractivity contribution in [1.29, 1.82) is 0 Å². The van der Waals surface area contributed by atoms with Crippen LogP contribution in [0, 0.1) is 5.92 Å². The molecule has 2 rings (SSSR count). The van der Waals surface area contributed by atoms with Gasteiger partial charge >= 0.3 is 6.09 Å². The third-order valence-electron chi connectivity index (χ3n) is 3.75. The molecule has 2 unspecified atom stereocenters. The van der Waals surface area contributed by atoms with E-state index in [1.807, 2.05) is 26.8 Å². The van der Waals surface area contributed by atoms with Crippen LogP contribution in [0.15, 0.2) is 23.3 Å². The van der Waals surface area contributed by atoms with Crippen LogP contribution in [0.25, 0.3) is 0 Å². The maximum atomic E-state index is 11.9. The lowest BCUT2D eigenvalue weighted by molar-refractivity contribution is -0.120. The second-order valence-corrected chi connectivity index (χ2v) is 6.68. The van der Waals surface area contributed by atoms with Crippen LogP contribution in [0.4, 0.5) is 4.79 Å². The highest BCUT2D eigenvalue weighted by Gasteiger charge is 2.30. The van der Waals surface area contributed by atoms with Crippen LogP contribution in [0.5, 0.6) is 0 Å². The zero-order chi connectivity index (χ0) is 15.6. The summed E-state index contributed by atoms with van der Waals surface area (Å²) in [5, 5.41) is 2.92. The van der Waals surface area contributed by atoms with E-state index in [2.05, 4.69) is 11.4 Å². The molecule has 0 heterocycles. The van der Waals surface area contributed by atoms with Crippen molar-refractivity contribution in [2.45, 2.75) is 58.1 Å². The van der Waals surface area contributed by atoms with Crippen molar-refractivity contribution in [3.63, 3.8) is 0 Å². The molecule has 1 saturated carbocycles. The Morgan fingerprint density at radius 3 is 2.67 bits per heavy atom. The summed E-state index contributed by atoms with van der Waals surface area (Å²) >= 11 is 0. The molecule has 0 aliphatic heterocycles. The fourth-order valence-corrected chi connectivity index (χ4v) is 2.85. The lowest BCUT2D eigenvalue weighted by Crippen LogP contribution is -2.38. The van der Waals surface area contributed by atoms with Gasteiger partial charge in [-0.2, -0.15) is 0 Å². The largest absolute Gasteiger partial charge is 0.444 e. The second-order valence-electron chi connectivity index (χ2n) is 6.68. The van der Waals surface area contributed by atoms with E-state index >= 15 is 0 Å². The molecule has 5 nitrogen and oxygen atoms in total. The Balaban J connectivity index is 2.05. The lowest BCUT2D eigenvalue weighted by Gasteiger charge is -2.22. The molecule has 21 heavy (non-hydrogen) atoms. The second kappa shape index (κ2) is 5.92. The minimum atomic E-state index is -0.504. The van der Waals surface area contributed by atoms with Gasteiger partial charge in [-0.15, -0.1) is 0 Å². The molecule has 3 N–H and O–H groups in total. The van der Waals surface area contributed by atoms with Crippen LogP contribution in [-0.4, -0.2) is 23.6 Å². The molecule has 5 heteroatoms. The van der Waals surface area contributed by atoms with E-state index in [9.17, 15) is 9.59 Å². The minimum absolute atomic E-state index is 0.0299. The molecule has 2 atom stereocenters. The molecule has 0 bridgehead atoms. The van der Waals surface area contributed by atoms with E-state index in [0.717, 1.165) is 36.8 Å². The molecule has 2 amide bonds. The molecular weight excluding hydrogens is 268 g/mol. The Morgan fingerprint density at radius 2 is 2.05 bits per heavy atom. The molecule has 0 saturated heterocycles. The average molecular weight is 292 g/mol. The van der Waals surface area contributed by atoms with Gasteiger partial charge in [-0.1, -0.05) is 12.2 Å².